The molecule has 1 atom stereocenters. The number of rotatable bonds is 2. The molecule has 0 aliphatic carbocycles. The highest BCUT2D eigenvalue weighted by Gasteiger charge is 2.26. The van der Waals surface area contributed by atoms with Crippen molar-refractivity contribution in [2.45, 2.75) is 32.6 Å². The molecular formula is C19H22N2O2. The van der Waals surface area contributed by atoms with E-state index >= 15 is 0 Å². The Kier molecular flexibility index (Phi) is 4.33. The number of benzene rings is 1. The summed E-state index contributed by atoms with van der Waals surface area (Å²) >= 11 is 0. The van der Waals surface area contributed by atoms with Gasteiger partial charge in [0.15, 0.2) is 0 Å². The van der Waals surface area contributed by atoms with Gasteiger partial charge in [0, 0.05) is 36.3 Å². The Morgan fingerprint density at radius 1 is 1.22 bits per heavy atom. The zero-order valence-corrected chi connectivity index (χ0v) is 13.6. The zero-order valence-electron chi connectivity index (χ0n) is 13.6. The fraction of sp³-hybridized carbons (Fsp3) is 0.368. The third kappa shape index (κ3) is 3.36. The number of hydrogen-bond donors (Lipinski definition) is 1. The van der Waals surface area contributed by atoms with E-state index < -0.39 is 0 Å². The fourth-order valence-electron chi connectivity index (χ4n) is 3.45. The van der Waals surface area contributed by atoms with Gasteiger partial charge < -0.3 is 9.88 Å². The van der Waals surface area contributed by atoms with Crippen molar-refractivity contribution in [3.05, 3.63) is 69.1 Å². The molecule has 1 aromatic carbocycles. The standard InChI is InChI=1S/C19H22N2O2/c1-13-6-3-4-8-17(13)15-7-5-9-21(12-15)19(23)16-10-14(2)20-18(22)11-16/h3-4,6,8,10-11,15H,5,7,9,12H2,1-2H3,(H,20,22). The SMILES string of the molecule is Cc1cc(C(=O)N2CCCC(c3ccccc3C)C2)cc(=O)[nH]1. The van der Waals surface area contributed by atoms with Crippen molar-refractivity contribution in [3.63, 3.8) is 0 Å². The number of carbonyl (C=O) groups is 1. The van der Waals surface area contributed by atoms with Crippen LogP contribution in [0.4, 0.5) is 0 Å². The van der Waals surface area contributed by atoms with Gasteiger partial charge in [0.2, 0.25) is 5.56 Å². The minimum atomic E-state index is -0.221. The summed E-state index contributed by atoms with van der Waals surface area (Å²) in [4.78, 5) is 28.9. The van der Waals surface area contributed by atoms with Gasteiger partial charge in [-0.1, -0.05) is 24.3 Å². The van der Waals surface area contributed by atoms with Gasteiger partial charge in [-0.15, -0.1) is 0 Å². The molecule has 0 bridgehead atoms. The first-order chi connectivity index (χ1) is 11.0. The molecular weight excluding hydrogens is 288 g/mol. The number of nitrogens with one attached hydrogen (secondary N) is 1. The monoisotopic (exact) mass is 310 g/mol. The van der Waals surface area contributed by atoms with Crippen LogP contribution in [0.15, 0.2) is 41.2 Å². The van der Waals surface area contributed by atoms with Crippen molar-refractivity contribution in [1.82, 2.24) is 9.88 Å². The molecule has 1 fully saturated rings. The van der Waals surface area contributed by atoms with E-state index in [1.807, 2.05) is 11.0 Å². The molecule has 1 aliphatic rings. The van der Waals surface area contributed by atoms with Crippen molar-refractivity contribution < 1.29 is 4.79 Å². The van der Waals surface area contributed by atoms with E-state index in [1.54, 1.807) is 13.0 Å². The maximum absolute atomic E-state index is 12.7. The quantitative estimate of drug-likeness (QED) is 0.927. The van der Waals surface area contributed by atoms with Gasteiger partial charge in [-0.2, -0.15) is 0 Å². The normalized spacial score (nSPS) is 18.0. The van der Waals surface area contributed by atoms with E-state index in [0.717, 1.165) is 25.9 Å². The third-order valence-electron chi connectivity index (χ3n) is 4.56. The van der Waals surface area contributed by atoms with Crippen molar-refractivity contribution in [1.29, 1.82) is 0 Å². The first-order valence-corrected chi connectivity index (χ1v) is 8.10. The number of H-pyrrole nitrogens is 1. The number of pyridine rings is 1. The Labute approximate surface area is 136 Å². The topological polar surface area (TPSA) is 53.2 Å². The molecule has 0 saturated carbocycles. The van der Waals surface area contributed by atoms with E-state index in [9.17, 15) is 9.59 Å². The summed E-state index contributed by atoms with van der Waals surface area (Å²) in [5.41, 5.74) is 3.58. The molecule has 1 N–H and O–H groups in total. The van der Waals surface area contributed by atoms with Crippen LogP contribution >= 0.6 is 0 Å². The number of hydrogen-bond acceptors (Lipinski definition) is 2. The molecule has 1 unspecified atom stereocenters. The van der Waals surface area contributed by atoms with Crippen molar-refractivity contribution >= 4 is 5.91 Å². The summed E-state index contributed by atoms with van der Waals surface area (Å²) in [5.74, 6) is 0.328. The Morgan fingerprint density at radius 2 is 2.00 bits per heavy atom. The van der Waals surface area contributed by atoms with Crippen LogP contribution in [0.2, 0.25) is 0 Å². The molecule has 1 amide bonds. The molecule has 120 valence electrons. The number of likely N-dealkylation sites (tertiary alicyclic amines) is 1. The summed E-state index contributed by atoms with van der Waals surface area (Å²) in [6.07, 6.45) is 2.09. The van der Waals surface area contributed by atoms with Crippen molar-refractivity contribution in [3.8, 4) is 0 Å². The molecule has 2 aromatic rings. The van der Waals surface area contributed by atoms with Crippen molar-refractivity contribution in [2.24, 2.45) is 0 Å². The number of piperidine rings is 1. The highest BCUT2D eigenvalue weighted by molar-refractivity contribution is 5.94. The van der Waals surface area contributed by atoms with Gasteiger partial charge in [-0.25, -0.2) is 0 Å². The molecule has 2 heterocycles. The smallest absolute Gasteiger partial charge is 0.254 e. The molecule has 0 spiro atoms. The van der Waals surface area contributed by atoms with E-state index in [1.165, 1.54) is 17.2 Å². The number of nitrogens with zero attached hydrogens (tertiary/aromatic N) is 1. The van der Waals surface area contributed by atoms with E-state index in [2.05, 4.69) is 30.1 Å². The Balaban J connectivity index is 1.82. The Morgan fingerprint density at radius 3 is 2.74 bits per heavy atom. The fourth-order valence-corrected chi connectivity index (χ4v) is 3.45. The Bertz CT molecular complexity index is 779. The highest BCUT2D eigenvalue weighted by Crippen LogP contribution is 2.29. The number of carbonyl (C=O) groups excluding carboxylic acids is 1. The summed E-state index contributed by atoms with van der Waals surface area (Å²) < 4.78 is 0. The first kappa shape index (κ1) is 15.5. The second kappa shape index (κ2) is 6.41. The number of aryl methyl sites for hydroxylation is 2. The summed E-state index contributed by atoms with van der Waals surface area (Å²) in [5, 5.41) is 0. The average Bonchev–Trinajstić information content (AvgIpc) is 2.54. The van der Waals surface area contributed by atoms with Gasteiger partial charge >= 0.3 is 0 Å². The maximum Gasteiger partial charge on any atom is 0.254 e. The molecule has 1 aliphatic heterocycles. The molecule has 4 heteroatoms. The molecule has 1 saturated heterocycles. The lowest BCUT2D eigenvalue weighted by molar-refractivity contribution is 0.0706. The lowest BCUT2D eigenvalue weighted by Crippen LogP contribution is -2.39. The summed E-state index contributed by atoms with van der Waals surface area (Å²) in [6, 6.07) is 11.5. The van der Waals surface area contributed by atoms with Crippen LogP contribution in [0.3, 0.4) is 0 Å². The minimum absolute atomic E-state index is 0.0440. The Hall–Kier alpha value is -2.36. The van der Waals surface area contributed by atoms with Gasteiger partial charge in [-0.3, -0.25) is 9.59 Å². The lowest BCUT2D eigenvalue weighted by atomic mass is 9.88. The second-order valence-corrected chi connectivity index (χ2v) is 6.36. The van der Waals surface area contributed by atoms with Gasteiger partial charge in [-0.05, 0) is 43.9 Å². The van der Waals surface area contributed by atoms with Gasteiger partial charge in [0.1, 0.15) is 0 Å². The van der Waals surface area contributed by atoms with Crippen LogP contribution in [0.5, 0.6) is 0 Å². The third-order valence-corrected chi connectivity index (χ3v) is 4.56. The van der Waals surface area contributed by atoms with Crippen LogP contribution in [0.1, 0.15) is 45.9 Å². The van der Waals surface area contributed by atoms with Crippen LogP contribution in [0.25, 0.3) is 0 Å². The number of amides is 1. The largest absolute Gasteiger partial charge is 0.338 e. The summed E-state index contributed by atoms with van der Waals surface area (Å²) in [6.45, 7) is 5.39. The van der Waals surface area contributed by atoms with Crippen molar-refractivity contribution in [2.75, 3.05) is 13.1 Å². The predicted molar refractivity (Wildman–Crippen MR) is 90.9 cm³/mol. The van der Waals surface area contributed by atoms with Gasteiger partial charge in [0.05, 0.1) is 0 Å². The van der Waals surface area contributed by atoms with E-state index in [4.69, 9.17) is 0 Å². The average molecular weight is 310 g/mol. The molecule has 1 aromatic heterocycles. The van der Waals surface area contributed by atoms with E-state index in [0.29, 0.717) is 17.2 Å². The van der Waals surface area contributed by atoms with Crippen LogP contribution in [-0.4, -0.2) is 28.9 Å². The van der Waals surface area contributed by atoms with E-state index in [-0.39, 0.29) is 11.5 Å². The van der Waals surface area contributed by atoms with Crippen LogP contribution < -0.4 is 5.56 Å². The molecule has 4 nitrogen and oxygen atoms in total. The number of aromatic nitrogens is 1. The maximum atomic E-state index is 12.7. The van der Waals surface area contributed by atoms with Gasteiger partial charge in [0.25, 0.3) is 5.91 Å². The highest BCUT2D eigenvalue weighted by atomic mass is 16.2. The zero-order chi connectivity index (χ0) is 16.4. The van der Waals surface area contributed by atoms with Crippen LogP contribution in [0, 0.1) is 13.8 Å². The molecule has 3 rings (SSSR count). The lowest BCUT2D eigenvalue weighted by Gasteiger charge is -2.33. The minimum Gasteiger partial charge on any atom is -0.338 e. The molecule has 0 radical (unpaired) electrons. The molecule has 23 heavy (non-hydrogen) atoms. The second-order valence-electron chi connectivity index (χ2n) is 6.36. The summed E-state index contributed by atoms with van der Waals surface area (Å²) in [7, 11) is 0. The van der Waals surface area contributed by atoms with Crippen LogP contribution in [-0.2, 0) is 0 Å². The number of aromatic amines is 1. The first-order valence-electron chi connectivity index (χ1n) is 8.10. The predicted octanol–water partition coefficient (Wildman–Crippen LogP) is 3.01.